The Kier molecular flexibility index (Phi) is 3.47. The molecule has 0 aromatic rings. The van der Waals surface area contributed by atoms with Gasteiger partial charge in [-0.15, -0.1) is 0 Å². The smallest absolute Gasteiger partial charge is 0.410 e. The van der Waals surface area contributed by atoms with E-state index in [1.54, 1.807) is 20.8 Å². The third-order valence-electron chi connectivity index (χ3n) is 2.60. The van der Waals surface area contributed by atoms with Crippen molar-refractivity contribution in [1.29, 1.82) is 0 Å². The number of alkyl halides is 1. The molecule has 0 aromatic carbocycles. The van der Waals surface area contributed by atoms with Crippen LogP contribution in [0.25, 0.3) is 0 Å². The van der Waals surface area contributed by atoms with Gasteiger partial charge in [0.05, 0.1) is 12.1 Å². The van der Waals surface area contributed by atoms with Gasteiger partial charge in [0.15, 0.2) is 0 Å². The summed E-state index contributed by atoms with van der Waals surface area (Å²) < 4.78 is 18.6. The Morgan fingerprint density at radius 3 is 2.56 bits per heavy atom. The standard InChI is InChI=1S/C11H20FNO3/c1-10(2,3)16-9(14)13-6-5-11(4,15)8(12)7-13/h8,15H,5-7H2,1-4H3/t8?,11-/m1/s1. The molecule has 2 atom stereocenters. The van der Waals surface area contributed by atoms with Gasteiger partial charge in [0, 0.05) is 6.54 Å². The second kappa shape index (κ2) is 4.20. The number of amides is 1. The lowest BCUT2D eigenvalue weighted by Crippen LogP contribution is -2.54. The van der Waals surface area contributed by atoms with Crippen LogP contribution in [0.5, 0.6) is 0 Å². The number of ether oxygens (including phenoxy) is 1. The Bertz CT molecular complexity index is 273. The molecule has 1 N–H and O–H groups in total. The first-order valence-corrected chi connectivity index (χ1v) is 5.46. The van der Waals surface area contributed by atoms with E-state index < -0.39 is 23.5 Å². The van der Waals surface area contributed by atoms with Crippen LogP contribution in [0.4, 0.5) is 9.18 Å². The molecule has 4 nitrogen and oxygen atoms in total. The Morgan fingerprint density at radius 1 is 1.56 bits per heavy atom. The van der Waals surface area contributed by atoms with Crippen LogP contribution in [0.15, 0.2) is 0 Å². The first-order chi connectivity index (χ1) is 7.12. The fraction of sp³-hybridized carbons (Fsp3) is 0.909. The van der Waals surface area contributed by atoms with Crippen molar-refractivity contribution in [3.8, 4) is 0 Å². The number of carbonyl (C=O) groups is 1. The zero-order valence-corrected chi connectivity index (χ0v) is 10.3. The quantitative estimate of drug-likeness (QED) is 0.693. The van der Waals surface area contributed by atoms with Gasteiger partial charge in [-0.2, -0.15) is 0 Å². The lowest BCUT2D eigenvalue weighted by atomic mass is 9.92. The maximum absolute atomic E-state index is 13.5. The molecule has 16 heavy (non-hydrogen) atoms. The summed E-state index contributed by atoms with van der Waals surface area (Å²) in [6.45, 7) is 6.95. The average Bonchev–Trinajstić information content (AvgIpc) is 2.06. The van der Waals surface area contributed by atoms with Crippen molar-refractivity contribution < 1.29 is 19.0 Å². The molecule has 0 aliphatic carbocycles. The number of halogens is 1. The van der Waals surface area contributed by atoms with Crippen LogP contribution in [-0.2, 0) is 4.74 Å². The predicted molar refractivity (Wildman–Crippen MR) is 57.9 cm³/mol. The monoisotopic (exact) mass is 233 g/mol. The lowest BCUT2D eigenvalue weighted by molar-refractivity contribution is -0.0734. The summed E-state index contributed by atoms with van der Waals surface area (Å²) in [7, 11) is 0. The highest BCUT2D eigenvalue weighted by Crippen LogP contribution is 2.25. The summed E-state index contributed by atoms with van der Waals surface area (Å²) in [6.07, 6.45) is -1.72. The normalized spacial score (nSPS) is 31.4. The van der Waals surface area contributed by atoms with Crippen LogP contribution in [-0.4, -0.2) is 46.6 Å². The van der Waals surface area contributed by atoms with Crippen LogP contribution in [0, 0.1) is 0 Å². The van der Waals surface area contributed by atoms with E-state index in [1.165, 1.54) is 11.8 Å². The summed E-state index contributed by atoms with van der Waals surface area (Å²) >= 11 is 0. The molecule has 0 spiro atoms. The van der Waals surface area contributed by atoms with Crippen LogP contribution >= 0.6 is 0 Å². The molecule has 0 saturated carbocycles. The van der Waals surface area contributed by atoms with Gasteiger partial charge in [-0.05, 0) is 34.1 Å². The number of rotatable bonds is 0. The van der Waals surface area contributed by atoms with E-state index in [2.05, 4.69) is 0 Å². The highest BCUT2D eigenvalue weighted by atomic mass is 19.1. The number of carbonyl (C=O) groups excluding carboxylic acids is 1. The fourth-order valence-corrected chi connectivity index (χ4v) is 1.49. The van der Waals surface area contributed by atoms with Crippen molar-refractivity contribution in [1.82, 2.24) is 4.90 Å². The van der Waals surface area contributed by atoms with Gasteiger partial charge in [0.1, 0.15) is 11.8 Å². The van der Waals surface area contributed by atoms with Crippen molar-refractivity contribution in [2.24, 2.45) is 0 Å². The zero-order valence-electron chi connectivity index (χ0n) is 10.3. The first kappa shape index (κ1) is 13.2. The van der Waals surface area contributed by atoms with Gasteiger partial charge in [0.2, 0.25) is 0 Å². The van der Waals surface area contributed by atoms with Crippen LogP contribution in [0.2, 0.25) is 0 Å². The molecule has 0 radical (unpaired) electrons. The minimum absolute atomic E-state index is 0.109. The Hall–Kier alpha value is -0.840. The summed E-state index contributed by atoms with van der Waals surface area (Å²) in [4.78, 5) is 12.9. The summed E-state index contributed by atoms with van der Waals surface area (Å²) in [6, 6.07) is 0. The lowest BCUT2D eigenvalue weighted by Gasteiger charge is -2.38. The van der Waals surface area contributed by atoms with Crippen LogP contribution in [0.1, 0.15) is 34.1 Å². The van der Waals surface area contributed by atoms with Gasteiger partial charge < -0.3 is 14.7 Å². The Balaban J connectivity index is 2.55. The zero-order chi connectivity index (χ0) is 12.6. The molecule has 0 aromatic heterocycles. The minimum atomic E-state index is -1.42. The Labute approximate surface area is 95.4 Å². The summed E-state index contributed by atoms with van der Waals surface area (Å²) in [5.74, 6) is 0. The summed E-state index contributed by atoms with van der Waals surface area (Å²) in [5.41, 5.74) is -1.92. The molecular formula is C11H20FNO3. The van der Waals surface area contributed by atoms with E-state index >= 15 is 0 Å². The number of nitrogens with zero attached hydrogens (tertiary/aromatic N) is 1. The van der Waals surface area contributed by atoms with Crippen molar-refractivity contribution in [2.75, 3.05) is 13.1 Å². The number of hydrogen-bond acceptors (Lipinski definition) is 3. The number of likely N-dealkylation sites (tertiary alicyclic amines) is 1. The van der Waals surface area contributed by atoms with Gasteiger partial charge in [-0.1, -0.05) is 0 Å². The van der Waals surface area contributed by atoms with E-state index in [0.717, 1.165) is 0 Å². The van der Waals surface area contributed by atoms with Crippen LogP contribution in [0.3, 0.4) is 0 Å². The van der Waals surface area contributed by atoms with Gasteiger partial charge in [-0.3, -0.25) is 0 Å². The minimum Gasteiger partial charge on any atom is -0.444 e. The van der Waals surface area contributed by atoms with E-state index in [-0.39, 0.29) is 13.0 Å². The van der Waals surface area contributed by atoms with Crippen molar-refractivity contribution in [3.05, 3.63) is 0 Å². The Morgan fingerprint density at radius 2 is 2.12 bits per heavy atom. The molecule has 5 heteroatoms. The van der Waals surface area contributed by atoms with E-state index in [0.29, 0.717) is 6.54 Å². The van der Waals surface area contributed by atoms with Crippen molar-refractivity contribution >= 4 is 6.09 Å². The molecule has 94 valence electrons. The maximum atomic E-state index is 13.5. The summed E-state index contributed by atoms with van der Waals surface area (Å²) in [5, 5.41) is 9.62. The van der Waals surface area contributed by atoms with E-state index in [9.17, 15) is 14.3 Å². The molecule has 1 rings (SSSR count). The third-order valence-corrected chi connectivity index (χ3v) is 2.60. The molecule has 1 aliphatic rings. The van der Waals surface area contributed by atoms with Crippen LogP contribution < -0.4 is 0 Å². The highest BCUT2D eigenvalue weighted by molar-refractivity contribution is 5.68. The van der Waals surface area contributed by atoms with Gasteiger partial charge >= 0.3 is 6.09 Å². The molecule has 1 amide bonds. The van der Waals surface area contributed by atoms with Crippen molar-refractivity contribution in [3.63, 3.8) is 0 Å². The molecule has 1 heterocycles. The second-order valence-electron chi connectivity index (χ2n) is 5.50. The number of piperidine rings is 1. The topological polar surface area (TPSA) is 49.8 Å². The SMILES string of the molecule is CC(C)(C)OC(=O)N1CC[C@@](C)(O)C(F)C1. The molecule has 0 bridgehead atoms. The number of hydrogen-bond donors (Lipinski definition) is 1. The third kappa shape index (κ3) is 3.33. The van der Waals surface area contributed by atoms with Crippen molar-refractivity contribution in [2.45, 2.75) is 51.5 Å². The molecular weight excluding hydrogens is 213 g/mol. The average molecular weight is 233 g/mol. The van der Waals surface area contributed by atoms with Gasteiger partial charge in [0.25, 0.3) is 0 Å². The molecule has 1 aliphatic heterocycles. The van der Waals surface area contributed by atoms with E-state index in [1.807, 2.05) is 0 Å². The fourth-order valence-electron chi connectivity index (χ4n) is 1.49. The molecule has 1 unspecified atom stereocenters. The molecule has 1 saturated heterocycles. The second-order valence-corrected chi connectivity index (χ2v) is 5.50. The highest BCUT2D eigenvalue weighted by Gasteiger charge is 2.40. The first-order valence-electron chi connectivity index (χ1n) is 5.46. The predicted octanol–water partition coefficient (Wildman–Crippen LogP) is 1.72. The largest absolute Gasteiger partial charge is 0.444 e. The van der Waals surface area contributed by atoms with Gasteiger partial charge in [-0.25, -0.2) is 9.18 Å². The number of aliphatic hydroxyl groups is 1. The molecule has 1 fully saturated rings. The van der Waals surface area contributed by atoms with E-state index in [4.69, 9.17) is 4.74 Å². The maximum Gasteiger partial charge on any atom is 0.410 e.